The van der Waals surface area contributed by atoms with Gasteiger partial charge in [-0.05, 0) is 32.8 Å². The molecule has 1 N–H and O–H groups in total. The molecule has 26 heavy (non-hydrogen) atoms. The zero-order valence-corrected chi connectivity index (χ0v) is 14.3. The smallest absolute Gasteiger partial charge is 0.261 e. The Hall–Kier alpha value is -2.94. The number of hydrogen-bond acceptors (Lipinski definition) is 6. The normalized spacial score (nSPS) is 16.2. The maximum Gasteiger partial charge on any atom is 0.261 e. The summed E-state index contributed by atoms with van der Waals surface area (Å²) in [6.07, 6.45) is 5.24. The molecule has 1 aliphatic carbocycles. The first-order chi connectivity index (χ1) is 12.5. The Morgan fingerprint density at radius 3 is 2.88 bits per heavy atom. The van der Waals surface area contributed by atoms with Crippen LogP contribution in [0.3, 0.4) is 0 Å². The number of carbonyl (C=O) groups is 1. The number of halogens is 1. The Balaban J connectivity index is 1.73. The fourth-order valence-corrected chi connectivity index (χ4v) is 3.21. The van der Waals surface area contributed by atoms with E-state index in [1.165, 1.54) is 0 Å². The molecule has 0 saturated heterocycles. The van der Waals surface area contributed by atoms with Crippen LogP contribution in [-0.2, 0) is 11.2 Å². The van der Waals surface area contributed by atoms with Crippen LogP contribution in [0.15, 0.2) is 24.8 Å². The Morgan fingerprint density at radius 2 is 2.15 bits per heavy atom. The molecule has 3 heterocycles. The van der Waals surface area contributed by atoms with E-state index in [9.17, 15) is 9.18 Å². The summed E-state index contributed by atoms with van der Waals surface area (Å²) in [7, 11) is 0. The fraction of sp³-hybridized carbons (Fsp3) is 0.353. The number of nitrogens with zero attached hydrogens (tertiary/aromatic N) is 5. The number of anilines is 1. The Bertz CT molecular complexity index is 969. The topological polar surface area (TPSA) is 94.3 Å². The summed E-state index contributed by atoms with van der Waals surface area (Å²) in [5.74, 6) is -0.994. The number of nitrogens with one attached hydrogen (secondary N) is 1. The van der Waals surface area contributed by atoms with Crippen molar-refractivity contribution in [2.45, 2.75) is 38.9 Å². The second kappa shape index (κ2) is 6.41. The van der Waals surface area contributed by atoms with Crippen LogP contribution in [0.2, 0.25) is 0 Å². The summed E-state index contributed by atoms with van der Waals surface area (Å²) in [6, 6.07) is 1.79. The summed E-state index contributed by atoms with van der Waals surface area (Å²) in [5.41, 5.74) is 2.79. The van der Waals surface area contributed by atoms with E-state index in [-0.39, 0.29) is 18.2 Å². The van der Waals surface area contributed by atoms with Gasteiger partial charge in [0.05, 0.1) is 30.2 Å². The number of hydrogen-bond donors (Lipinski definition) is 1. The lowest BCUT2D eigenvalue weighted by molar-refractivity contribution is 0.00787. The number of carbonyl (C=O) groups excluding carboxylic acids is 1. The van der Waals surface area contributed by atoms with Crippen molar-refractivity contribution >= 4 is 17.5 Å². The molecule has 9 heteroatoms. The molecule has 4 rings (SSSR count). The van der Waals surface area contributed by atoms with Crippen molar-refractivity contribution < 1.29 is 13.9 Å². The average Bonchev–Trinajstić information content (AvgIpc) is 3.22. The summed E-state index contributed by atoms with van der Waals surface area (Å²) in [6.45, 7) is 3.96. The van der Waals surface area contributed by atoms with Crippen molar-refractivity contribution in [2.24, 2.45) is 0 Å². The molecule has 0 radical (unpaired) electrons. The zero-order valence-electron chi connectivity index (χ0n) is 14.3. The quantitative estimate of drug-likeness (QED) is 0.771. The molecule has 0 spiro atoms. The van der Waals surface area contributed by atoms with Crippen molar-refractivity contribution in [2.75, 3.05) is 5.32 Å². The van der Waals surface area contributed by atoms with Crippen LogP contribution in [0.5, 0.6) is 0 Å². The molecule has 0 saturated carbocycles. The highest BCUT2D eigenvalue weighted by Crippen LogP contribution is 2.36. The third kappa shape index (κ3) is 2.90. The van der Waals surface area contributed by atoms with Crippen molar-refractivity contribution in [1.29, 1.82) is 0 Å². The van der Waals surface area contributed by atoms with Crippen LogP contribution < -0.4 is 5.32 Å². The Labute approximate surface area is 148 Å². The van der Waals surface area contributed by atoms with Crippen molar-refractivity contribution in [3.63, 3.8) is 0 Å². The Morgan fingerprint density at radius 1 is 1.38 bits per heavy atom. The van der Waals surface area contributed by atoms with Crippen LogP contribution in [-0.4, -0.2) is 36.6 Å². The molecule has 1 atom stereocenters. The van der Waals surface area contributed by atoms with Crippen LogP contribution in [0.25, 0.3) is 5.65 Å². The molecule has 0 fully saturated rings. The highest BCUT2D eigenvalue weighted by Gasteiger charge is 2.29. The first kappa shape index (κ1) is 16.5. The minimum Gasteiger partial charge on any atom is -0.371 e. The monoisotopic (exact) mass is 356 g/mol. The predicted molar refractivity (Wildman–Crippen MR) is 90.2 cm³/mol. The first-order valence-corrected chi connectivity index (χ1v) is 8.33. The number of rotatable bonds is 4. The van der Waals surface area contributed by atoms with Crippen molar-refractivity contribution in [3.05, 3.63) is 47.4 Å². The SMILES string of the molecule is CC(C)OC1CCc2c1cc(C(=O)Nc1ncc(F)cn1)c1nncn21. The molecule has 3 aromatic heterocycles. The van der Waals surface area contributed by atoms with Gasteiger partial charge in [-0.3, -0.25) is 14.5 Å². The van der Waals surface area contributed by atoms with E-state index in [1.54, 1.807) is 12.4 Å². The molecule has 0 aromatic carbocycles. The first-order valence-electron chi connectivity index (χ1n) is 8.33. The van der Waals surface area contributed by atoms with Crippen LogP contribution in [0.1, 0.15) is 48.0 Å². The van der Waals surface area contributed by atoms with Gasteiger partial charge in [-0.1, -0.05) is 0 Å². The number of amides is 1. The van der Waals surface area contributed by atoms with Gasteiger partial charge in [-0.25, -0.2) is 14.4 Å². The van der Waals surface area contributed by atoms with Crippen molar-refractivity contribution in [1.82, 2.24) is 24.6 Å². The van der Waals surface area contributed by atoms with Gasteiger partial charge in [0.2, 0.25) is 5.95 Å². The molecular formula is C17H17FN6O2. The predicted octanol–water partition coefficient (Wildman–Crippen LogP) is 2.32. The molecule has 1 aliphatic rings. The second-order valence-corrected chi connectivity index (χ2v) is 6.38. The highest BCUT2D eigenvalue weighted by molar-refractivity contribution is 6.07. The minimum atomic E-state index is -0.575. The van der Waals surface area contributed by atoms with Gasteiger partial charge in [0.1, 0.15) is 6.33 Å². The maximum absolute atomic E-state index is 12.9. The highest BCUT2D eigenvalue weighted by atomic mass is 19.1. The van der Waals surface area contributed by atoms with Crippen LogP contribution in [0, 0.1) is 5.82 Å². The van der Waals surface area contributed by atoms with Crippen molar-refractivity contribution in [3.8, 4) is 0 Å². The van der Waals surface area contributed by atoms with Gasteiger partial charge in [0.25, 0.3) is 5.91 Å². The number of fused-ring (bicyclic) bond motifs is 3. The standard InChI is InChI=1S/C17H17FN6O2/c1-9(2)26-14-4-3-13-11(14)5-12(15-23-21-8-24(13)15)16(25)22-17-19-6-10(18)7-20-17/h5-9,14H,3-4H2,1-2H3,(H,19,20,22,25). The number of aromatic nitrogens is 5. The van der Waals surface area contributed by atoms with E-state index in [0.29, 0.717) is 11.2 Å². The minimum absolute atomic E-state index is 0.0181. The molecule has 0 aliphatic heterocycles. The molecule has 8 nitrogen and oxygen atoms in total. The van der Waals surface area contributed by atoms with Gasteiger partial charge in [-0.15, -0.1) is 10.2 Å². The lowest BCUT2D eigenvalue weighted by Gasteiger charge is -2.17. The van der Waals surface area contributed by atoms with Gasteiger partial charge >= 0.3 is 0 Å². The summed E-state index contributed by atoms with van der Waals surface area (Å²) in [4.78, 5) is 20.2. The number of ether oxygens (including phenoxy) is 1. The summed E-state index contributed by atoms with van der Waals surface area (Å²) in [5, 5.41) is 10.6. The summed E-state index contributed by atoms with van der Waals surface area (Å²) < 4.78 is 20.7. The van der Waals surface area contributed by atoms with E-state index in [1.807, 2.05) is 18.2 Å². The lowest BCUT2D eigenvalue weighted by Crippen LogP contribution is -2.17. The van der Waals surface area contributed by atoms with Gasteiger partial charge < -0.3 is 4.74 Å². The lowest BCUT2D eigenvalue weighted by atomic mass is 10.1. The van der Waals surface area contributed by atoms with E-state index >= 15 is 0 Å². The molecular weight excluding hydrogens is 339 g/mol. The largest absolute Gasteiger partial charge is 0.371 e. The van der Waals surface area contributed by atoms with E-state index in [4.69, 9.17) is 4.74 Å². The van der Waals surface area contributed by atoms with Crippen LogP contribution >= 0.6 is 0 Å². The third-order valence-corrected chi connectivity index (χ3v) is 4.23. The number of aryl methyl sites for hydroxylation is 1. The van der Waals surface area contributed by atoms with Gasteiger partial charge in [0.15, 0.2) is 11.5 Å². The molecule has 3 aromatic rings. The third-order valence-electron chi connectivity index (χ3n) is 4.23. The zero-order chi connectivity index (χ0) is 18.3. The van der Waals surface area contributed by atoms with E-state index in [2.05, 4.69) is 25.5 Å². The molecule has 134 valence electrons. The second-order valence-electron chi connectivity index (χ2n) is 6.38. The Kier molecular flexibility index (Phi) is 4.08. The molecule has 0 bridgehead atoms. The molecule has 1 amide bonds. The van der Waals surface area contributed by atoms with E-state index < -0.39 is 11.7 Å². The van der Waals surface area contributed by atoms with Crippen LogP contribution in [0.4, 0.5) is 10.3 Å². The molecule has 1 unspecified atom stereocenters. The van der Waals surface area contributed by atoms with Gasteiger partial charge in [0, 0.05) is 11.3 Å². The number of pyridine rings is 1. The fourth-order valence-electron chi connectivity index (χ4n) is 3.21. The van der Waals surface area contributed by atoms with E-state index in [0.717, 1.165) is 36.5 Å². The van der Waals surface area contributed by atoms with Gasteiger partial charge in [-0.2, -0.15) is 0 Å². The summed E-state index contributed by atoms with van der Waals surface area (Å²) >= 11 is 0. The maximum atomic E-state index is 12.9. The average molecular weight is 356 g/mol.